The molecule has 1 saturated heterocycles. The van der Waals surface area contributed by atoms with Crippen molar-refractivity contribution in [3.05, 3.63) is 33.3 Å². The molecule has 21 heavy (non-hydrogen) atoms. The second kappa shape index (κ2) is 6.20. The van der Waals surface area contributed by atoms with Crippen molar-refractivity contribution < 1.29 is 4.92 Å². The zero-order chi connectivity index (χ0) is 14.8. The summed E-state index contributed by atoms with van der Waals surface area (Å²) in [6, 6.07) is 5.82. The van der Waals surface area contributed by atoms with Gasteiger partial charge in [-0.15, -0.1) is 0 Å². The molecule has 1 unspecified atom stereocenters. The summed E-state index contributed by atoms with van der Waals surface area (Å²) in [6.07, 6.45) is 6.07. The van der Waals surface area contributed by atoms with Crippen LogP contribution in [0.25, 0.3) is 0 Å². The van der Waals surface area contributed by atoms with E-state index in [0.29, 0.717) is 17.1 Å². The van der Waals surface area contributed by atoms with Gasteiger partial charge in [0.1, 0.15) is 0 Å². The second-order valence-corrected chi connectivity index (χ2v) is 6.33. The quantitative estimate of drug-likeness (QED) is 0.669. The highest BCUT2D eigenvalue weighted by Gasteiger charge is 2.32. The number of halogens is 1. The van der Waals surface area contributed by atoms with E-state index in [0.717, 1.165) is 18.8 Å². The molecule has 1 aromatic rings. The zero-order valence-electron chi connectivity index (χ0n) is 11.9. The van der Waals surface area contributed by atoms with Crippen LogP contribution in [0.15, 0.2) is 18.2 Å². The first-order valence-corrected chi connectivity index (χ1v) is 7.97. The van der Waals surface area contributed by atoms with E-state index in [4.69, 9.17) is 11.6 Å². The lowest BCUT2D eigenvalue weighted by molar-refractivity contribution is -0.384. The summed E-state index contributed by atoms with van der Waals surface area (Å²) >= 11 is 6.29. The predicted octanol–water partition coefficient (Wildman–Crippen LogP) is 3.36. The Labute approximate surface area is 129 Å². The van der Waals surface area contributed by atoms with Gasteiger partial charge in [0.05, 0.1) is 15.6 Å². The molecule has 2 fully saturated rings. The number of nitrogens with zero attached hydrogens (tertiary/aromatic N) is 2. The standard InChI is InChI=1S/C15H20ClN3O2/c16-14-9-13(19(20)21)6-7-15(14)18(12-4-5-12)10-11-3-1-2-8-17-11/h6-7,9,11-12,17H,1-5,8,10H2. The first-order chi connectivity index (χ1) is 10.1. The Balaban J connectivity index is 1.78. The molecule has 6 heteroatoms. The van der Waals surface area contributed by atoms with E-state index in [2.05, 4.69) is 10.2 Å². The molecule has 0 radical (unpaired) electrons. The summed E-state index contributed by atoms with van der Waals surface area (Å²) in [6.45, 7) is 2.01. The molecule has 5 nitrogen and oxygen atoms in total. The average Bonchev–Trinajstić information content (AvgIpc) is 3.31. The number of rotatable bonds is 5. The molecule has 114 valence electrons. The lowest BCUT2D eigenvalue weighted by atomic mass is 10.0. The van der Waals surface area contributed by atoms with Crippen LogP contribution >= 0.6 is 11.6 Å². The van der Waals surface area contributed by atoms with Gasteiger partial charge < -0.3 is 10.2 Å². The Morgan fingerprint density at radius 1 is 1.33 bits per heavy atom. The maximum atomic E-state index is 10.8. The molecule has 0 spiro atoms. The minimum atomic E-state index is -0.403. The maximum Gasteiger partial charge on any atom is 0.271 e. The van der Waals surface area contributed by atoms with Crippen LogP contribution in [-0.4, -0.2) is 30.1 Å². The van der Waals surface area contributed by atoms with Crippen molar-refractivity contribution in [1.82, 2.24) is 5.32 Å². The first kappa shape index (κ1) is 14.6. The summed E-state index contributed by atoms with van der Waals surface area (Å²) in [5.74, 6) is 0. The van der Waals surface area contributed by atoms with Crippen LogP contribution in [0.5, 0.6) is 0 Å². The van der Waals surface area contributed by atoms with Crippen molar-refractivity contribution in [2.45, 2.75) is 44.2 Å². The van der Waals surface area contributed by atoms with Crippen molar-refractivity contribution in [1.29, 1.82) is 0 Å². The minimum Gasteiger partial charge on any atom is -0.366 e. The van der Waals surface area contributed by atoms with Crippen LogP contribution in [0.4, 0.5) is 11.4 Å². The predicted molar refractivity (Wildman–Crippen MR) is 84.1 cm³/mol. The number of benzene rings is 1. The van der Waals surface area contributed by atoms with Gasteiger partial charge in [0.25, 0.3) is 5.69 Å². The largest absolute Gasteiger partial charge is 0.366 e. The number of piperidine rings is 1. The highest BCUT2D eigenvalue weighted by atomic mass is 35.5. The molecule has 0 aromatic heterocycles. The van der Waals surface area contributed by atoms with Crippen molar-refractivity contribution in [3.63, 3.8) is 0 Å². The molecular formula is C15H20ClN3O2. The number of hydrogen-bond donors (Lipinski definition) is 1. The van der Waals surface area contributed by atoms with Crippen LogP contribution in [0.2, 0.25) is 5.02 Å². The first-order valence-electron chi connectivity index (χ1n) is 7.59. The SMILES string of the molecule is O=[N+]([O-])c1ccc(N(CC2CCCCN2)C2CC2)c(Cl)c1. The molecule has 1 heterocycles. The third-order valence-electron chi connectivity index (χ3n) is 4.27. The van der Waals surface area contributed by atoms with Gasteiger partial charge in [0.2, 0.25) is 0 Å². The van der Waals surface area contributed by atoms with E-state index in [1.165, 1.54) is 38.2 Å². The zero-order valence-corrected chi connectivity index (χ0v) is 12.7. The van der Waals surface area contributed by atoms with Crippen molar-refractivity contribution in [2.75, 3.05) is 18.0 Å². The van der Waals surface area contributed by atoms with Gasteiger partial charge in [-0.05, 0) is 38.3 Å². The second-order valence-electron chi connectivity index (χ2n) is 5.92. The van der Waals surface area contributed by atoms with E-state index >= 15 is 0 Å². The molecule has 1 aliphatic carbocycles. The molecular weight excluding hydrogens is 290 g/mol. The van der Waals surface area contributed by atoms with Crippen LogP contribution in [0.1, 0.15) is 32.1 Å². The molecule has 0 bridgehead atoms. The number of hydrogen-bond acceptors (Lipinski definition) is 4. The van der Waals surface area contributed by atoms with Crippen molar-refractivity contribution in [2.24, 2.45) is 0 Å². The van der Waals surface area contributed by atoms with Gasteiger partial charge in [-0.2, -0.15) is 0 Å². The van der Waals surface area contributed by atoms with E-state index in [-0.39, 0.29) is 5.69 Å². The Morgan fingerprint density at radius 2 is 2.14 bits per heavy atom. The smallest absolute Gasteiger partial charge is 0.271 e. The van der Waals surface area contributed by atoms with E-state index in [1.54, 1.807) is 12.1 Å². The summed E-state index contributed by atoms with van der Waals surface area (Å²) in [4.78, 5) is 12.7. The molecule has 1 N–H and O–H groups in total. The normalized spacial score (nSPS) is 22.0. The highest BCUT2D eigenvalue weighted by molar-refractivity contribution is 6.33. The summed E-state index contributed by atoms with van der Waals surface area (Å²) in [5, 5.41) is 14.9. The van der Waals surface area contributed by atoms with Crippen LogP contribution in [0.3, 0.4) is 0 Å². The lowest BCUT2D eigenvalue weighted by Crippen LogP contribution is -2.44. The number of nitro benzene ring substituents is 1. The van der Waals surface area contributed by atoms with Gasteiger partial charge >= 0.3 is 0 Å². The maximum absolute atomic E-state index is 10.8. The van der Waals surface area contributed by atoms with Gasteiger partial charge in [-0.25, -0.2) is 0 Å². The lowest BCUT2D eigenvalue weighted by Gasteiger charge is -2.32. The number of nitrogens with one attached hydrogen (secondary N) is 1. The van der Waals surface area contributed by atoms with Gasteiger partial charge in [0, 0.05) is 30.8 Å². The average molecular weight is 310 g/mol. The monoisotopic (exact) mass is 309 g/mol. The fourth-order valence-corrected chi connectivity index (χ4v) is 3.27. The van der Waals surface area contributed by atoms with Crippen LogP contribution in [-0.2, 0) is 0 Å². The van der Waals surface area contributed by atoms with Gasteiger partial charge in [0.15, 0.2) is 0 Å². The van der Waals surface area contributed by atoms with E-state index in [1.807, 2.05) is 0 Å². The fraction of sp³-hybridized carbons (Fsp3) is 0.600. The Bertz CT molecular complexity index is 528. The third kappa shape index (κ3) is 3.47. The van der Waals surface area contributed by atoms with Crippen LogP contribution < -0.4 is 10.2 Å². The highest BCUT2D eigenvalue weighted by Crippen LogP contribution is 2.37. The molecule has 3 rings (SSSR count). The summed E-state index contributed by atoms with van der Waals surface area (Å²) in [5.41, 5.74) is 0.979. The van der Waals surface area contributed by atoms with Gasteiger partial charge in [-0.1, -0.05) is 18.0 Å². The Hall–Kier alpha value is -1.33. The van der Waals surface area contributed by atoms with E-state index in [9.17, 15) is 10.1 Å². The van der Waals surface area contributed by atoms with Crippen molar-refractivity contribution >= 4 is 23.0 Å². The fourth-order valence-electron chi connectivity index (χ4n) is 2.99. The summed E-state index contributed by atoms with van der Waals surface area (Å²) < 4.78 is 0. The number of non-ortho nitro benzene ring substituents is 1. The Morgan fingerprint density at radius 3 is 2.71 bits per heavy atom. The molecule has 1 aliphatic heterocycles. The topological polar surface area (TPSA) is 58.4 Å². The van der Waals surface area contributed by atoms with Gasteiger partial charge in [-0.3, -0.25) is 10.1 Å². The van der Waals surface area contributed by atoms with Crippen molar-refractivity contribution in [3.8, 4) is 0 Å². The number of anilines is 1. The molecule has 1 saturated carbocycles. The molecule has 1 atom stereocenters. The number of nitro groups is 1. The summed E-state index contributed by atoms with van der Waals surface area (Å²) in [7, 11) is 0. The minimum absolute atomic E-state index is 0.0512. The molecule has 1 aromatic carbocycles. The Kier molecular flexibility index (Phi) is 4.31. The molecule has 2 aliphatic rings. The molecule has 0 amide bonds. The van der Waals surface area contributed by atoms with E-state index < -0.39 is 4.92 Å². The third-order valence-corrected chi connectivity index (χ3v) is 4.57. The van der Waals surface area contributed by atoms with Crippen LogP contribution in [0, 0.1) is 10.1 Å².